The molecule has 1 fully saturated rings. The van der Waals surface area contributed by atoms with Gasteiger partial charge in [-0.3, -0.25) is 24.0 Å². The van der Waals surface area contributed by atoms with E-state index in [1.165, 1.54) is 0 Å². The van der Waals surface area contributed by atoms with Gasteiger partial charge in [0.05, 0.1) is 12.5 Å². The highest BCUT2D eigenvalue weighted by Crippen LogP contribution is 2.21. The van der Waals surface area contributed by atoms with Crippen molar-refractivity contribution in [3.8, 4) is 0 Å². The van der Waals surface area contributed by atoms with Crippen molar-refractivity contribution >= 4 is 46.5 Å². The minimum Gasteiger partial charge on any atom is -0.481 e. The molecule has 210 valence electrons. The van der Waals surface area contributed by atoms with Crippen molar-refractivity contribution in [1.29, 1.82) is 0 Å². The summed E-state index contributed by atoms with van der Waals surface area (Å²) in [6.45, 7) is 0.121. The standard InChI is InChI=1S/C25H32N6O8/c26-15(10-13-12-28-16-5-2-1-4-14(13)16)22(35)30-18(11-20(27)32)24(37)31-9-3-6-19(31)23(36)29-17(25(38)39)7-8-21(33)34/h1-2,4-5,12,15,17-19,28H,3,6-11,26H2,(H2,27,32)(H,29,36)(H,30,35)(H,33,34)(H,38,39). The molecule has 0 bridgehead atoms. The molecule has 3 rings (SSSR count). The van der Waals surface area contributed by atoms with Gasteiger partial charge in [0.2, 0.25) is 23.6 Å². The molecule has 4 unspecified atom stereocenters. The maximum Gasteiger partial charge on any atom is 0.326 e. The van der Waals surface area contributed by atoms with Crippen LogP contribution in [0.3, 0.4) is 0 Å². The Kier molecular flexibility index (Phi) is 9.60. The number of fused-ring (bicyclic) bond motifs is 1. The summed E-state index contributed by atoms with van der Waals surface area (Å²) < 4.78 is 0. The number of carboxylic acids is 2. The molecule has 1 aromatic heterocycles. The highest BCUT2D eigenvalue weighted by atomic mass is 16.4. The maximum absolute atomic E-state index is 13.4. The zero-order chi connectivity index (χ0) is 28.7. The predicted molar refractivity (Wildman–Crippen MR) is 137 cm³/mol. The second-order valence-electron chi connectivity index (χ2n) is 9.42. The molecule has 1 aromatic carbocycles. The van der Waals surface area contributed by atoms with E-state index in [0.29, 0.717) is 6.42 Å². The van der Waals surface area contributed by atoms with E-state index in [1.807, 2.05) is 24.3 Å². The number of primary amides is 1. The number of likely N-dealkylation sites (tertiary alicyclic amines) is 1. The fraction of sp³-hybridized carbons (Fsp3) is 0.440. The van der Waals surface area contributed by atoms with Crippen LogP contribution in [0, 0.1) is 0 Å². The Bertz CT molecular complexity index is 1260. The first-order chi connectivity index (χ1) is 18.5. The summed E-state index contributed by atoms with van der Waals surface area (Å²) in [5, 5.41) is 23.8. The summed E-state index contributed by atoms with van der Waals surface area (Å²) in [6, 6.07) is 2.47. The molecule has 9 N–H and O–H groups in total. The van der Waals surface area contributed by atoms with E-state index in [4.69, 9.17) is 16.6 Å². The first kappa shape index (κ1) is 29.1. The zero-order valence-corrected chi connectivity index (χ0v) is 21.1. The van der Waals surface area contributed by atoms with Gasteiger partial charge in [-0.15, -0.1) is 0 Å². The third kappa shape index (κ3) is 7.54. The molecule has 0 spiro atoms. The number of H-pyrrole nitrogens is 1. The van der Waals surface area contributed by atoms with Gasteiger partial charge in [-0.05, 0) is 37.3 Å². The van der Waals surface area contributed by atoms with E-state index in [9.17, 15) is 33.9 Å². The van der Waals surface area contributed by atoms with Gasteiger partial charge < -0.3 is 42.2 Å². The van der Waals surface area contributed by atoms with Crippen molar-refractivity contribution in [2.45, 2.75) is 62.7 Å². The van der Waals surface area contributed by atoms with Gasteiger partial charge in [0, 0.05) is 30.1 Å². The number of para-hydroxylation sites is 1. The minimum atomic E-state index is -1.46. The number of aliphatic carboxylic acids is 2. The molecule has 14 heteroatoms. The Labute approximate surface area is 223 Å². The lowest BCUT2D eigenvalue weighted by Gasteiger charge is -2.29. The third-order valence-electron chi connectivity index (χ3n) is 6.57. The summed E-state index contributed by atoms with van der Waals surface area (Å²) >= 11 is 0. The Morgan fingerprint density at radius 3 is 2.46 bits per heavy atom. The van der Waals surface area contributed by atoms with Gasteiger partial charge in [-0.1, -0.05) is 18.2 Å². The van der Waals surface area contributed by atoms with Crippen LogP contribution in [0.25, 0.3) is 10.9 Å². The Morgan fingerprint density at radius 1 is 1.08 bits per heavy atom. The van der Waals surface area contributed by atoms with Crippen molar-refractivity contribution in [2.24, 2.45) is 11.5 Å². The van der Waals surface area contributed by atoms with E-state index in [1.54, 1.807) is 6.20 Å². The van der Waals surface area contributed by atoms with Crippen LogP contribution in [0.15, 0.2) is 30.5 Å². The van der Waals surface area contributed by atoms with E-state index < -0.39 is 72.6 Å². The van der Waals surface area contributed by atoms with Crippen molar-refractivity contribution < 1.29 is 39.0 Å². The predicted octanol–water partition coefficient (Wildman–Crippen LogP) is -1.18. The molecule has 4 amide bonds. The lowest BCUT2D eigenvalue weighted by molar-refractivity contribution is -0.146. The number of hydrogen-bond acceptors (Lipinski definition) is 7. The van der Waals surface area contributed by atoms with Crippen molar-refractivity contribution in [1.82, 2.24) is 20.5 Å². The van der Waals surface area contributed by atoms with E-state index >= 15 is 0 Å². The van der Waals surface area contributed by atoms with Crippen LogP contribution < -0.4 is 22.1 Å². The first-order valence-corrected chi connectivity index (χ1v) is 12.4. The van der Waals surface area contributed by atoms with Gasteiger partial charge in [0.1, 0.15) is 18.1 Å². The zero-order valence-electron chi connectivity index (χ0n) is 21.1. The van der Waals surface area contributed by atoms with Gasteiger partial charge in [-0.25, -0.2) is 4.79 Å². The van der Waals surface area contributed by atoms with E-state index in [-0.39, 0.29) is 25.8 Å². The van der Waals surface area contributed by atoms with Gasteiger partial charge >= 0.3 is 11.9 Å². The summed E-state index contributed by atoms with van der Waals surface area (Å²) in [4.78, 5) is 77.4. The maximum atomic E-state index is 13.4. The van der Waals surface area contributed by atoms with Crippen LogP contribution in [0.1, 0.15) is 37.7 Å². The van der Waals surface area contributed by atoms with Crippen LogP contribution in [-0.4, -0.2) is 86.4 Å². The Balaban J connectivity index is 1.69. The summed E-state index contributed by atoms with van der Waals surface area (Å²) in [5.74, 6) is -5.71. The molecule has 39 heavy (non-hydrogen) atoms. The number of nitrogens with one attached hydrogen (secondary N) is 3. The number of nitrogens with zero attached hydrogens (tertiary/aromatic N) is 1. The third-order valence-corrected chi connectivity index (χ3v) is 6.57. The molecule has 4 atom stereocenters. The van der Waals surface area contributed by atoms with Crippen LogP contribution in [0.5, 0.6) is 0 Å². The highest BCUT2D eigenvalue weighted by molar-refractivity contribution is 5.96. The molecule has 0 saturated carbocycles. The van der Waals surface area contributed by atoms with Crippen molar-refractivity contribution in [3.05, 3.63) is 36.0 Å². The molecule has 2 heterocycles. The van der Waals surface area contributed by atoms with Gasteiger partial charge in [-0.2, -0.15) is 0 Å². The van der Waals surface area contributed by atoms with Crippen LogP contribution >= 0.6 is 0 Å². The molecule has 0 radical (unpaired) electrons. The summed E-state index contributed by atoms with van der Waals surface area (Å²) in [7, 11) is 0. The largest absolute Gasteiger partial charge is 0.481 e. The Morgan fingerprint density at radius 2 is 1.79 bits per heavy atom. The number of carbonyl (C=O) groups excluding carboxylic acids is 4. The number of rotatable bonds is 13. The average Bonchev–Trinajstić information content (AvgIpc) is 3.53. The van der Waals surface area contributed by atoms with Gasteiger partial charge in [0.25, 0.3) is 0 Å². The number of nitrogens with two attached hydrogens (primary N) is 2. The Hall–Kier alpha value is -4.46. The second kappa shape index (κ2) is 12.9. The number of amides is 4. The average molecular weight is 545 g/mol. The lowest BCUT2D eigenvalue weighted by atomic mass is 10.0. The molecule has 14 nitrogen and oxygen atoms in total. The first-order valence-electron chi connectivity index (χ1n) is 12.4. The van der Waals surface area contributed by atoms with E-state index in [0.717, 1.165) is 21.4 Å². The number of aromatic amines is 1. The number of benzene rings is 1. The van der Waals surface area contributed by atoms with Gasteiger partial charge in [0.15, 0.2) is 0 Å². The smallest absolute Gasteiger partial charge is 0.326 e. The van der Waals surface area contributed by atoms with Crippen LogP contribution in [0.2, 0.25) is 0 Å². The number of carboxylic acid groups (broad SMARTS) is 2. The normalized spacial score (nSPS) is 17.3. The quantitative estimate of drug-likeness (QED) is 0.160. The lowest BCUT2D eigenvalue weighted by Crippen LogP contribution is -2.57. The topological polar surface area (TPSA) is 238 Å². The molecular formula is C25H32N6O8. The second-order valence-corrected chi connectivity index (χ2v) is 9.42. The molecular weight excluding hydrogens is 512 g/mol. The number of carbonyl (C=O) groups is 6. The summed E-state index contributed by atoms with van der Waals surface area (Å²) in [6.07, 6.45) is 1.15. The molecule has 1 aliphatic rings. The molecule has 1 saturated heterocycles. The number of aromatic nitrogens is 1. The van der Waals surface area contributed by atoms with E-state index in [2.05, 4.69) is 15.6 Å². The molecule has 2 aromatic rings. The highest BCUT2D eigenvalue weighted by Gasteiger charge is 2.39. The van der Waals surface area contributed by atoms with Crippen molar-refractivity contribution in [3.63, 3.8) is 0 Å². The molecule has 1 aliphatic heterocycles. The van der Waals surface area contributed by atoms with Crippen molar-refractivity contribution in [2.75, 3.05) is 6.54 Å². The molecule has 0 aliphatic carbocycles. The van der Waals surface area contributed by atoms with Crippen LogP contribution in [-0.2, 0) is 35.2 Å². The summed E-state index contributed by atoms with van der Waals surface area (Å²) in [5.41, 5.74) is 13.1. The fourth-order valence-electron chi connectivity index (χ4n) is 4.61. The van der Waals surface area contributed by atoms with Crippen LogP contribution in [0.4, 0.5) is 0 Å². The number of hydrogen-bond donors (Lipinski definition) is 7. The monoisotopic (exact) mass is 544 g/mol. The minimum absolute atomic E-state index is 0.121. The SMILES string of the molecule is NC(=O)CC(NC(=O)C(N)Cc1c[nH]c2ccccc12)C(=O)N1CCCC1C(=O)NC(CCC(=O)O)C(=O)O. The fourth-order valence-corrected chi connectivity index (χ4v) is 4.61.